The van der Waals surface area contributed by atoms with Crippen LogP contribution in [0.5, 0.6) is 0 Å². The lowest BCUT2D eigenvalue weighted by Crippen LogP contribution is -2.19. The molecule has 0 aliphatic heterocycles. The van der Waals surface area contributed by atoms with Crippen molar-refractivity contribution < 1.29 is 0 Å². The number of pyridine rings is 1. The maximum atomic E-state index is 4.81. The second kappa shape index (κ2) is 5.80. The fourth-order valence-corrected chi connectivity index (χ4v) is 2.16. The van der Waals surface area contributed by atoms with Crippen molar-refractivity contribution in [2.45, 2.75) is 47.0 Å². The SMILES string of the molecule is CCNc1nc(C(C)(C)C)nc(-c2cncc(C)c2)c1C. The highest BCUT2D eigenvalue weighted by molar-refractivity contribution is 5.68. The second-order valence-corrected chi connectivity index (χ2v) is 6.40. The van der Waals surface area contributed by atoms with E-state index in [9.17, 15) is 0 Å². The summed E-state index contributed by atoms with van der Waals surface area (Å²) in [5.41, 5.74) is 4.11. The lowest BCUT2D eigenvalue weighted by molar-refractivity contribution is 0.546. The Labute approximate surface area is 127 Å². The van der Waals surface area contributed by atoms with Gasteiger partial charge in [0.2, 0.25) is 0 Å². The van der Waals surface area contributed by atoms with Gasteiger partial charge in [0.15, 0.2) is 0 Å². The van der Waals surface area contributed by atoms with Crippen molar-refractivity contribution in [3.05, 3.63) is 35.4 Å². The molecule has 0 amide bonds. The maximum Gasteiger partial charge on any atom is 0.136 e. The standard InChI is InChI=1S/C17H24N4/c1-7-19-15-12(3)14(13-8-11(2)9-18-10-13)20-16(21-15)17(4,5)6/h8-10H,7H2,1-6H3,(H,19,20,21). The Hall–Kier alpha value is -1.97. The molecule has 0 fully saturated rings. The van der Waals surface area contributed by atoms with Crippen LogP contribution in [0.1, 0.15) is 44.6 Å². The zero-order valence-corrected chi connectivity index (χ0v) is 13.8. The Morgan fingerprint density at radius 3 is 2.38 bits per heavy atom. The molecule has 0 spiro atoms. The molecule has 112 valence electrons. The van der Waals surface area contributed by atoms with E-state index >= 15 is 0 Å². The van der Waals surface area contributed by atoms with E-state index < -0.39 is 0 Å². The molecule has 2 aromatic rings. The van der Waals surface area contributed by atoms with Gasteiger partial charge in [-0.05, 0) is 32.4 Å². The third kappa shape index (κ3) is 3.38. The quantitative estimate of drug-likeness (QED) is 0.929. The molecule has 0 saturated carbocycles. The van der Waals surface area contributed by atoms with E-state index in [2.05, 4.69) is 51.0 Å². The first-order chi connectivity index (χ1) is 9.82. The summed E-state index contributed by atoms with van der Waals surface area (Å²) in [5, 5.41) is 3.34. The molecule has 0 bridgehead atoms. The highest BCUT2D eigenvalue weighted by Gasteiger charge is 2.21. The van der Waals surface area contributed by atoms with Crippen molar-refractivity contribution in [3.63, 3.8) is 0 Å². The number of aromatic nitrogens is 3. The van der Waals surface area contributed by atoms with Gasteiger partial charge in [0.1, 0.15) is 11.6 Å². The number of hydrogen-bond donors (Lipinski definition) is 1. The predicted molar refractivity (Wildman–Crippen MR) is 87.6 cm³/mol. The molecule has 0 aliphatic rings. The minimum absolute atomic E-state index is 0.0934. The lowest BCUT2D eigenvalue weighted by Gasteiger charge is -2.21. The van der Waals surface area contributed by atoms with Gasteiger partial charge < -0.3 is 5.32 Å². The molecule has 0 unspecified atom stereocenters. The smallest absolute Gasteiger partial charge is 0.136 e. The Bertz CT molecular complexity index is 642. The molecule has 0 radical (unpaired) electrons. The first kappa shape index (κ1) is 15.4. The highest BCUT2D eigenvalue weighted by Crippen LogP contribution is 2.29. The van der Waals surface area contributed by atoms with Crippen LogP contribution in [0.3, 0.4) is 0 Å². The summed E-state index contributed by atoms with van der Waals surface area (Å²) in [4.78, 5) is 13.8. The molecular weight excluding hydrogens is 260 g/mol. The van der Waals surface area contributed by atoms with Crippen molar-refractivity contribution in [1.29, 1.82) is 0 Å². The summed E-state index contributed by atoms with van der Waals surface area (Å²) in [7, 11) is 0. The molecule has 0 atom stereocenters. The first-order valence-electron chi connectivity index (χ1n) is 7.38. The summed E-state index contributed by atoms with van der Waals surface area (Å²) in [6, 6.07) is 2.12. The average Bonchev–Trinajstić information content (AvgIpc) is 2.40. The Balaban J connectivity index is 2.66. The number of hydrogen-bond acceptors (Lipinski definition) is 4. The Morgan fingerprint density at radius 1 is 1.10 bits per heavy atom. The van der Waals surface area contributed by atoms with Gasteiger partial charge in [0.05, 0.1) is 5.69 Å². The van der Waals surface area contributed by atoms with Crippen LogP contribution in [0.25, 0.3) is 11.3 Å². The fourth-order valence-electron chi connectivity index (χ4n) is 2.16. The number of rotatable bonds is 3. The Morgan fingerprint density at radius 2 is 1.81 bits per heavy atom. The summed E-state index contributed by atoms with van der Waals surface area (Å²) < 4.78 is 0. The van der Waals surface area contributed by atoms with Crippen LogP contribution in [0, 0.1) is 13.8 Å². The number of nitrogens with zero attached hydrogens (tertiary/aromatic N) is 3. The Kier molecular flexibility index (Phi) is 4.26. The van der Waals surface area contributed by atoms with E-state index in [1.54, 1.807) is 0 Å². The van der Waals surface area contributed by atoms with Gasteiger partial charge in [-0.1, -0.05) is 20.8 Å². The highest BCUT2D eigenvalue weighted by atomic mass is 15.0. The van der Waals surface area contributed by atoms with Crippen molar-refractivity contribution >= 4 is 5.82 Å². The molecule has 0 saturated heterocycles. The molecule has 0 aliphatic carbocycles. The summed E-state index contributed by atoms with van der Waals surface area (Å²) in [5.74, 6) is 1.76. The average molecular weight is 284 g/mol. The van der Waals surface area contributed by atoms with Gasteiger partial charge >= 0.3 is 0 Å². The maximum absolute atomic E-state index is 4.81. The van der Waals surface area contributed by atoms with Crippen molar-refractivity contribution in [1.82, 2.24) is 15.0 Å². The van der Waals surface area contributed by atoms with Gasteiger partial charge in [-0.25, -0.2) is 9.97 Å². The van der Waals surface area contributed by atoms with Crippen molar-refractivity contribution in [2.24, 2.45) is 0 Å². The van der Waals surface area contributed by atoms with Crippen LogP contribution < -0.4 is 5.32 Å². The third-order valence-corrected chi connectivity index (χ3v) is 3.31. The monoisotopic (exact) mass is 284 g/mol. The fraction of sp³-hybridized carbons (Fsp3) is 0.471. The largest absolute Gasteiger partial charge is 0.370 e. The van der Waals surface area contributed by atoms with E-state index in [1.165, 1.54) is 0 Å². The van der Waals surface area contributed by atoms with Crippen LogP contribution in [-0.2, 0) is 5.41 Å². The number of nitrogens with one attached hydrogen (secondary N) is 1. The zero-order chi connectivity index (χ0) is 15.6. The van der Waals surface area contributed by atoms with Crippen LogP contribution in [-0.4, -0.2) is 21.5 Å². The number of aryl methyl sites for hydroxylation is 1. The number of anilines is 1. The minimum atomic E-state index is -0.0934. The molecule has 1 N–H and O–H groups in total. The molecule has 2 rings (SSSR count). The van der Waals surface area contributed by atoms with E-state index in [4.69, 9.17) is 9.97 Å². The van der Waals surface area contributed by atoms with Crippen LogP contribution in [0.15, 0.2) is 18.5 Å². The van der Waals surface area contributed by atoms with Gasteiger partial charge in [-0.15, -0.1) is 0 Å². The van der Waals surface area contributed by atoms with Crippen LogP contribution in [0.4, 0.5) is 5.82 Å². The predicted octanol–water partition coefficient (Wildman–Crippen LogP) is 3.88. The molecular formula is C17H24N4. The van der Waals surface area contributed by atoms with E-state index in [0.717, 1.165) is 40.6 Å². The summed E-state index contributed by atoms with van der Waals surface area (Å²) >= 11 is 0. The topological polar surface area (TPSA) is 50.7 Å². The normalized spacial score (nSPS) is 11.5. The molecule has 21 heavy (non-hydrogen) atoms. The minimum Gasteiger partial charge on any atom is -0.370 e. The van der Waals surface area contributed by atoms with Gasteiger partial charge in [-0.3, -0.25) is 4.98 Å². The van der Waals surface area contributed by atoms with Gasteiger partial charge in [-0.2, -0.15) is 0 Å². The second-order valence-electron chi connectivity index (χ2n) is 6.40. The van der Waals surface area contributed by atoms with Crippen LogP contribution >= 0.6 is 0 Å². The molecule has 0 aromatic carbocycles. The van der Waals surface area contributed by atoms with Crippen molar-refractivity contribution in [2.75, 3.05) is 11.9 Å². The summed E-state index contributed by atoms with van der Waals surface area (Å²) in [6.07, 6.45) is 3.72. The van der Waals surface area contributed by atoms with Gasteiger partial charge in [0.25, 0.3) is 0 Å². The molecule has 4 heteroatoms. The molecule has 4 nitrogen and oxygen atoms in total. The third-order valence-electron chi connectivity index (χ3n) is 3.31. The van der Waals surface area contributed by atoms with E-state index in [1.807, 2.05) is 19.3 Å². The molecule has 2 aromatic heterocycles. The molecule has 2 heterocycles. The summed E-state index contributed by atoms with van der Waals surface area (Å²) in [6.45, 7) is 13.4. The van der Waals surface area contributed by atoms with E-state index in [-0.39, 0.29) is 5.41 Å². The van der Waals surface area contributed by atoms with Crippen molar-refractivity contribution in [3.8, 4) is 11.3 Å². The van der Waals surface area contributed by atoms with E-state index in [0.29, 0.717) is 0 Å². The zero-order valence-electron chi connectivity index (χ0n) is 13.8. The van der Waals surface area contributed by atoms with Crippen LogP contribution in [0.2, 0.25) is 0 Å². The first-order valence-corrected chi connectivity index (χ1v) is 7.38. The van der Waals surface area contributed by atoms with Gasteiger partial charge in [0, 0.05) is 35.5 Å². The lowest BCUT2D eigenvalue weighted by atomic mass is 9.95.